The molecule has 2 rings (SSSR count). The zero-order chi connectivity index (χ0) is 18.6. The van der Waals surface area contributed by atoms with Crippen LogP contribution in [0.4, 0.5) is 5.69 Å². The van der Waals surface area contributed by atoms with Crippen LogP contribution in [0.5, 0.6) is 0 Å². The highest BCUT2D eigenvalue weighted by Gasteiger charge is 2.24. The molecule has 0 radical (unpaired) electrons. The van der Waals surface area contributed by atoms with Gasteiger partial charge in [-0.05, 0) is 55.7 Å². The summed E-state index contributed by atoms with van der Waals surface area (Å²) in [5, 5.41) is 5.72. The predicted molar refractivity (Wildman–Crippen MR) is 105 cm³/mol. The Morgan fingerprint density at radius 2 is 1.64 bits per heavy atom. The van der Waals surface area contributed by atoms with Crippen LogP contribution in [0, 0.1) is 19.8 Å². The Morgan fingerprint density at radius 3 is 2.20 bits per heavy atom. The molecule has 4 nitrogen and oxygen atoms in total. The molecule has 0 aliphatic rings. The van der Waals surface area contributed by atoms with Crippen molar-refractivity contribution in [3.05, 3.63) is 63.6 Å². The lowest BCUT2D eigenvalue weighted by Gasteiger charge is -2.22. The molecule has 0 fully saturated rings. The van der Waals surface area contributed by atoms with Crippen LogP contribution in [0.1, 0.15) is 35.3 Å². The number of rotatable bonds is 5. The lowest BCUT2D eigenvalue weighted by molar-refractivity contribution is -0.118. The molecule has 0 heterocycles. The van der Waals surface area contributed by atoms with E-state index in [-0.39, 0.29) is 17.7 Å². The van der Waals surface area contributed by atoms with E-state index in [9.17, 15) is 9.59 Å². The highest BCUT2D eigenvalue weighted by molar-refractivity contribution is 9.10. The number of amides is 2. The van der Waals surface area contributed by atoms with Crippen LogP contribution in [0.25, 0.3) is 0 Å². The van der Waals surface area contributed by atoms with Crippen molar-refractivity contribution < 1.29 is 9.59 Å². The van der Waals surface area contributed by atoms with Gasteiger partial charge in [-0.1, -0.05) is 47.5 Å². The molecular formula is C20H23BrN2O2. The number of nitrogens with one attached hydrogen (secondary N) is 2. The van der Waals surface area contributed by atoms with Crippen molar-refractivity contribution >= 4 is 33.4 Å². The van der Waals surface area contributed by atoms with E-state index in [0.717, 1.165) is 15.6 Å². The predicted octanol–water partition coefficient (Wildman–Crippen LogP) is 4.46. The summed E-state index contributed by atoms with van der Waals surface area (Å²) in [5.74, 6) is -0.510. The molecule has 2 aromatic carbocycles. The van der Waals surface area contributed by atoms with Crippen LogP contribution >= 0.6 is 15.9 Å². The minimum Gasteiger partial charge on any atom is -0.340 e. The largest absolute Gasteiger partial charge is 0.340 e. The summed E-state index contributed by atoms with van der Waals surface area (Å²) in [6, 6.07) is 12.3. The van der Waals surface area contributed by atoms with Gasteiger partial charge in [0, 0.05) is 15.7 Å². The first-order valence-electron chi connectivity index (χ1n) is 8.22. The molecule has 2 amide bonds. The van der Waals surface area contributed by atoms with E-state index in [4.69, 9.17) is 0 Å². The molecule has 132 valence electrons. The lowest BCUT2D eigenvalue weighted by atomic mass is 10.0. The molecule has 0 saturated carbocycles. The van der Waals surface area contributed by atoms with Crippen molar-refractivity contribution in [2.45, 2.75) is 33.7 Å². The molecule has 0 spiro atoms. The van der Waals surface area contributed by atoms with Crippen LogP contribution in [0.3, 0.4) is 0 Å². The normalized spacial score (nSPS) is 11.9. The Labute approximate surface area is 157 Å². The third-order valence-electron chi connectivity index (χ3n) is 3.97. The molecule has 5 heteroatoms. The molecule has 0 aliphatic heterocycles. The zero-order valence-corrected chi connectivity index (χ0v) is 16.5. The number of halogens is 1. The number of carbonyl (C=O) groups excluding carboxylic acids is 2. The van der Waals surface area contributed by atoms with E-state index >= 15 is 0 Å². The first kappa shape index (κ1) is 19.2. The fraction of sp³-hybridized carbons (Fsp3) is 0.300. The number of carbonyl (C=O) groups is 2. The summed E-state index contributed by atoms with van der Waals surface area (Å²) < 4.78 is 0.985. The molecule has 25 heavy (non-hydrogen) atoms. The van der Waals surface area contributed by atoms with Crippen LogP contribution in [0.2, 0.25) is 0 Å². The Balaban J connectivity index is 2.11. The van der Waals surface area contributed by atoms with Gasteiger partial charge in [0.25, 0.3) is 5.91 Å². The fourth-order valence-corrected chi connectivity index (χ4v) is 2.65. The van der Waals surface area contributed by atoms with E-state index in [2.05, 4.69) is 26.6 Å². The summed E-state index contributed by atoms with van der Waals surface area (Å²) in [4.78, 5) is 25.1. The first-order valence-corrected chi connectivity index (χ1v) is 9.02. The molecule has 0 bridgehead atoms. The minimum atomic E-state index is -0.613. The number of hydrogen-bond donors (Lipinski definition) is 2. The van der Waals surface area contributed by atoms with Crippen molar-refractivity contribution in [3.63, 3.8) is 0 Å². The Hall–Kier alpha value is -2.14. The van der Waals surface area contributed by atoms with Gasteiger partial charge in [0.15, 0.2) is 0 Å². The third kappa shape index (κ3) is 5.16. The number of benzene rings is 2. The van der Waals surface area contributed by atoms with Crippen LogP contribution in [0.15, 0.2) is 46.9 Å². The van der Waals surface area contributed by atoms with Gasteiger partial charge in [0.05, 0.1) is 0 Å². The van der Waals surface area contributed by atoms with Gasteiger partial charge < -0.3 is 10.6 Å². The quantitative estimate of drug-likeness (QED) is 0.775. The van der Waals surface area contributed by atoms with Gasteiger partial charge in [-0.2, -0.15) is 0 Å². The summed E-state index contributed by atoms with van der Waals surface area (Å²) in [6.45, 7) is 7.74. The van der Waals surface area contributed by atoms with Gasteiger partial charge in [0.1, 0.15) is 6.04 Å². The summed E-state index contributed by atoms with van der Waals surface area (Å²) in [5.41, 5.74) is 3.37. The molecule has 0 aliphatic carbocycles. The van der Waals surface area contributed by atoms with E-state index < -0.39 is 6.04 Å². The molecular weight excluding hydrogens is 380 g/mol. The monoisotopic (exact) mass is 402 g/mol. The zero-order valence-electron chi connectivity index (χ0n) is 14.9. The standard InChI is InChI=1S/C20H23BrN2O2/c1-12(2)18(23-19(24)15-7-5-13(3)6-8-15)20(25)22-16-9-10-17(21)14(4)11-16/h5-12,18H,1-4H3,(H,22,25)(H,23,24). The van der Waals surface area contributed by atoms with E-state index in [0.29, 0.717) is 11.3 Å². The molecule has 2 aromatic rings. The maximum absolute atomic E-state index is 12.6. The van der Waals surface area contributed by atoms with E-state index in [1.165, 1.54) is 0 Å². The van der Waals surface area contributed by atoms with Gasteiger partial charge in [-0.25, -0.2) is 0 Å². The summed E-state index contributed by atoms with van der Waals surface area (Å²) in [7, 11) is 0. The van der Waals surface area contributed by atoms with Crippen LogP contribution in [-0.2, 0) is 4.79 Å². The molecule has 0 saturated heterocycles. The van der Waals surface area contributed by atoms with Crippen molar-refractivity contribution in [3.8, 4) is 0 Å². The van der Waals surface area contributed by atoms with Crippen molar-refractivity contribution in [2.24, 2.45) is 5.92 Å². The SMILES string of the molecule is Cc1ccc(C(=O)NC(C(=O)Nc2ccc(Br)c(C)c2)C(C)C)cc1. The highest BCUT2D eigenvalue weighted by Crippen LogP contribution is 2.20. The van der Waals surface area contributed by atoms with Crippen molar-refractivity contribution in [2.75, 3.05) is 5.32 Å². The molecule has 0 aromatic heterocycles. The smallest absolute Gasteiger partial charge is 0.251 e. The average Bonchev–Trinajstić information content (AvgIpc) is 2.56. The third-order valence-corrected chi connectivity index (χ3v) is 4.86. The van der Waals surface area contributed by atoms with Gasteiger partial charge in [0.2, 0.25) is 5.91 Å². The first-order chi connectivity index (χ1) is 11.8. The average molecular weight is 403 g/mol. The molecule has 2 N–H and O–H groups in total. The van der Waals surface area contributed by atoms with Gasteiger partial charge in [-0.15, -0.1) is 0 Å². The summed E-state index contributed by atoms with van der Waals surface area (Å²) in [6.07, 6.45) is 0. The minimum absolute atomic E-state index is 0.0362. The lowest BCUT2D eigenvalue weighted by Crippen LogP contribution is -2.47. The Bertz CT molecular complexity index is 770. The summed E-state index contributed by atoms with van der Waals surface area (Å²) >= 11 is 3.44. The second-order valence-electron chi connectivity index (χ2n) is 6.51. The van der Waals surface area contributed by atoms with Gasteiger partial charge >= 0.3 is 0 Å². The molecule has 1 atom stereocenters. The van der Waals surface area contributed by atoms with Crippen molar-refractivity contribution in [1.82, 2.24) is 5.32 Å². The van der Waals surface area contributed by atoms with Gasteiger partial charge in [-0.3, -0.25) is 9.59 Å². The second-order valence-corrected chi connectivity index (χ2v) is 7.37. The maximum Gasteiger partial charge on any atom is 0.251 e. The Morgan fingerprint density at radius 1 is 1.00 bits per heavy atom. The number of aryl methyl sites for hydroxylation is 2. The van der Waals surface area contributed by atoms with Crippen LogP contribution < -0.4 is 10.6 Å². The fourth-order valence-electron chi connectivity index (χ4n) is 2.41. The molecule has 1 unspecified atom stereocenters. The second kappa shape index (κ2) is 8.30. The number of anilines is 1. The number of hydrogen-bond acceptors (Lipinski definition) is 2. The maximum atomic E-state index is 12.6. The Kier molecular flexibility index (Phi) is 6.37. The highest BCUT2D eigenvalue weighted by atomic mass is 79.9. The topological polar surface area (TPSA) is 58.2 Å². The van der Waals surface area contributed by atoms with E-state index in [1.54, 1.807) is 12.1 Å². The van der Waals surface area contributed by atoms with Crippen molar-refractivity contribution in [1.29, 1.82) is 0 Å². The van der Waals surface area contributed by atoms with E-state index in [1.807, 2.05) is 58.0 Å². The van der Waals surface area contributed by atoms with Crippen LogP contribution in [-0.4, -0.2) is 17.9 Å².